The highest BCUT2D eigenvalue weighted by molar-refractivity contribution is 5.52. The minimum absolute atomic E-state index is 0.618. The first-order chi connectivity index (χ1) is 12.3. The van der Waals surface area contributed by atoms with Crippen LogP contribution in [-0.4, -0.2) is 47.2 Å². The Morgan fingerprint density at radius 3 is 2.76 bits per heavy atom. The lowest BCUT2D eigenvalue weighted by Crippen LogP contribution is -2.41. The summed E-state index contributed by atoms with van der Waals surface area (Å²) in [6.07, 6.45) is 5.52. The fourth-order valence-corrected chi connectivity index (χ4v) is 3.92. The lowest BCUT2D eigenvalue weighted by atomic mass is 9.89. The second-order valence-corrected chi connectivity index (χ2v) is 7.09. The Hall–Kier alpha value is -1.98. The van der Waals surface area contributed by atoms with E-state index < -0.39 is 0 Å². The number of anilines is 2. The lowest BCUT2D eigenvalue weighted by molar-refractivity contribution is 0.122. The molecule has 2 fully saturated rings. The number of rotatable bonds is 4. The monoisotopic (exact) mass is 338 g/mol. The van der Waals surface area contributed by atoms with Gasteiger partial charge in [0.1, 0.15) is 11.6 Å². The van der Waals surface area contributed by atoms with Gasteiger partial charge in [0.05, 0.1) is 6.61 Å². The smallest absolute Gasteiger partial charge is 0.131 e. The van der Waals surface area contributed by atoms with Crippen molar-refractivity contribution >= 4 is 11.6 Å². The van der Waals surface area contributed by atoms with E-state index in [1.165, 1.54) is 37.9 Å². The van der Waals surface area contributed by atoms with Crippen LogP contribution < -0.4 is 5.32 Å². The van der Waals surface area contributed by atoms with Gasteiger partial charge in [-0.15, -0.1) is 0 Å². The van der Waals surface area contributed by atoms with Crippen LogP contribution in [-0.2, 0) is 4.74 Å². The molecule has 2 aromatic heterocycles. The molecule has 0 bridgehead atoms. The molecule has 4 heterocycles. The number of aromatic nitrogens is 2. The molecule has 2 aliphatic heterocycles. The molecule has 0 unspecified atom stereocenters. The summed E-state index contributed by atoms with van der Waals surface area (Å²) in [4.78, 5) is 11.6. The Kier molecular flexibility index (Phi) is 4.95. The molecule has 2 aromatic rings. The average molecular weight is 338 g/mol. The first-order valence-corrected chi connectivity index (χ1v) is 9.26. The van der Waals surface area contributed by atoms with Crippen molar-refractivity contribution in [1.29, 1.82) is 0 Å². The summed E-state index contributed by atoms with van der Waals surface area (Å²) in [5, 5.41) is 3.33. The normalized spacial score (nSPS) is 22.2. The van der Waals surface area contributed by atoms with Gasteiger partial charge in [0, 0.05) is 24.5 Å². The standard InChI is InChI=1S/C20H26N4O/c1-15-3-2-4-19(22-15)23-20-13-17(5-9-21-20)16-6-10-24(11-7-16)18-8-12-25-14-18/h2-5,9,13,16,18H,6-8,10-12,14H2,1H3,(H,21,22,23)/t18-/m1/s1. The Labute approximate surface area is 149 Å². The van der Waals surface area contributed by atoms with Gasteiger partial charge in [0.25, 0.3) is 0 Å². The summed E-state index contributed by atoms with van der Waals surface area (Å²) >= 11 is 0. The van der Waals surface area contributed by atoms with Gasteiger partial charge in [-0.1, -0.05) is 6.07 Å². The molecule has 0 spiro atoms. The fourth-order valence-electron chi connectivity index (χ4n) is 3.92. The number of nitrogens with one attached hydrogen (secondary N) is 1. The third-order valence-electron chi connectivity index (χ3n) is 5.35. The van der Waals surface area contributed by atoms with Crippen molar-refractivity contribution < 1.29 is 4.74 Å². The molecule has 4 rings (SSSR count). The van der Waals surface area contributed by atoms with E-state index in [0.717, 1.165) is 30.5 Å². The number of ether oxygens (including phenoxy) is 1. The van der Waals surface area contributed by atoms with Gasteiger partial charge in [0.2, 0.25) is 0 Å². The van der Waals surface area contributed by atoms with Crippen LogP contribution in [0.4, 0.5) is 11.6 Å². The van der Waals surface area contributed by atoms with Gasteiger partial charge in [-0.3, -0.25) is 4.90 Å². The van der Waals surface area contributed by atoms with E-state index in [1.807, 2.05) is 31.3 Å². The van der Waals surface area contributed by atoms with Gasteiger partial charge in [-0.2, -0.15) is 0 Å². The SMILES string of the molecule is Cc1cccc(Nc2cc(C3CCN([C@@H]4CCOC4)CC3)ccn2)n1. The predicted molar refractivity (Wildman–Crippen MR) is 99.3 cm³/mol. The first kappa shape index (κ1) is 16.5. The molecule has 1 N–H and O–H groups in total. The molecule has 25 heavy (non-hydrogen) atoms. The van der Waals surface area contributed by atoms with Crippen LogP contribution in [0, 0.1) is 6.92 Å². The Morgan fingerprint density at radius 1 is 1.12 bits per heavy atom. The molecule has 5 heteroatoms. The molecule has 0 aromatic carbocycles. The highest BCUT2D eigenvalue weighted by Gasteiger charge is 2.28. The minimum Gasteiger partial charge on any atom is -0.380 e. The largest absolute Gasteiger partial charge is 0.380 e. The summed E-state index contributed by atoms with van der Waals surface area (Å²) in [5.74, 6) is 2.34. The van der Waals surface area contributed by atoms with Gasteiger partial charge in [-0.05, 0) is 75.0 Å². The van der Waals surface area contributed by atoms with E-state index in [9.17, 15) is 0 Å². The van der Waals surface area contributed by atoms with Crippen molar-refractivity contribution in [1.82, 2.24) is 14.9 Å². The molecular weight excluding hydrogens is 312 g/mol. The van der Waals surface area contributed by atoms with E-state index in [1.54, 1.807) is 0 Å². The van der Waals surface area contributed by atoms with E-state index in [0.29, 0.717) is 12.0 Å². The highest BCUT2D eigenvalue weighted by atomic mass is 16.5. The summed E-state index contributed by atoms with van der Waals surface area (Å²) in [6, 6.07) is 11.0. The minimum atomic E-state index is 0.618. The van der Waals surface area contributed by atoms with Crippen LogP contribution >= 0.6 is 0 Å². The zero-order valence-electron chi connectivity index (χ0n) is 14.8. The van der Waals surface area contributed by atoms with Crippen molar-refractivity contribution in [2.45, 2.75) is 38.1 Å². The molecule has 2 aliphatic rings. The third-order valence-corrected chi connectivity index (χ3v) is 5.35. The molecule has 2 saturated heterocycles. The maximum atomic E-state index is 5.54. The zero-order chi connectivity index (χ0) is 17.1. The van der Waals surface area contributed by atoms with Crippen LogP contribution in [0.25, 0.3) is 0 Å². The van der Waals surface area contributed by atoms with E-state index in [-0.39, 0.29) is 0 Å². The maximum absolute atomic E-state index is 5.54. The third kappa shape index (κ3) is 3.99. The Bertz CT molecular complexity index is 706. The van der Waals surface area contributed by atoms with Gasteiger partial charge in [-0.25, -0.2) is 9.97 Å². The summed E-state index contributed by atoms with van der Waals surface area (Å²) in [6.45, 7) is 6.18. The van der Waals surface area contributed by atoms with Gasteiger partial charge < -0.3 is 10.1 Å². The predicted octanol–water partition coefficient (Wildman–Crippen LogP) is 3.50. The van der Waals surface area contributed by atoms with Crippen LogP contribution in [0.5, 0.6) is 0 Å². The second kappa shape index (κ2) is 7.50. The number of piperidine rings is 1. The molecule has 0 amide bonds. The number of likely N-dealkylation sites (tertiary alicyclic amines) is 1. The van der Waals surface area contributed by atoms with Crippen molar-refractivity contribution in [3.63, 3.8) is 0 Å². The van der Waals surface area contributed by atoms with Crippen LogP contribution in [0.1, 0.15) is 36.4 Å². The maximum Gasteiger partial charge on any atom is 0.131 e. The summed E-state index contributed by atoms with van der Waals surface area (Å²) in [5.41, 5.74) is 2.39. The molecule has 0 aliphatic carbocycles. The topological polar surface area (TPSA) is 50.3 Å². The van der Waals surface area contributed by atoms with Crippen molar-refractivity contribution in [3.05, 3.63) is 47.8 Å². The lowest BCUT2D eigenvalue weighted by Gasteiger charge is -2.35. The van der Waals surface area contributed by atoms with Crippen LogP contribution in [0.3, 0.4) is 0 Å². The Balaban J connectivity index is 1.40. The van der Waals surface area contributed by atoms with E-state index in [4.69, 9.17) is 4.74 Å². The van der Waals surface area contributed by atoms with Gasteiger partial charge in [0.15, 0.2) is 0 Å². The molecule has 0 saturated carbocycles. The average Bonchev–Trinajstić information content (AvgIpc) is 3.17. The number of nitrogens with zero attached hydrogens (tertiary/aromatic N) is 3. The number of aryl methyl sites for hydroxylation is 1. The number of hydrogen-bond donors (Lipinski definition) is 1. The summed E-state index contributed by atoms with van der Waals surface area (Å²) in [7, 11) is 0. The molecular formula is C20H26N4O. The second-order valence-electron chi connectivity index (χ2n) is 7.09. The highest BCUT2D eigenvalue weighted by Crippen LogP contribution is 2.31. The Morgan fingerprint density at radius 2 is 2.00 bits per heavy atom. The van der Waals surface area contributed by atoms with Crippen LogP contribution in [0.15, 0.2) is 36.5 Å². The summed E-state index contributed by atoms with van der Waals surface area (Å²) < 4.78 is 5.54. The molecule has 132 valence electrons. The van der Waals surface area contributed by atoms with Crippen molar-refractivity contribution in [2.75, 3.05) is 31.6 Å². The van der Waals surface area contributed by atoms with E-state index >= 15 is 0 Å². The quantitative estimate of drug-likeness (QED) is 0.925. The number of pyridine rings is 2. The first-order valence-electron chi connectivity index (χ1n) is 9.26. The molecule has 5 nitrogen and oxygen atoms in total. The number of hydrogen-bond acceptors (Lipinski definition) is 5. The zero-order valence-corrected chi connectivity index (χ0v) is 14.8. The van der Waals surface area contributed by atoms with Crippen molar-refractivity contribution in [3.8, 4) is 0 Å². The van der Waals surface area contributed by atoms with Gasteiger partial charge >= 0.3 is 0 Å². The van der Waals surface area contributed by atoms with Crippen LogP contribution in [0.2, 0.25) is 0 Å². The molecule has 1 atom stereocenters. The van der Waals surface area contributed by atoms with Crippen molar-refractivity contribution in [2.24, 2.45) is 0 Å². The van der Waals surface area contributed by atoms with E-state index in [2.05, 4.69) is 32.3 Å². The molecule has 0 radical (unpaired) electrons. The fraction of sp³-hybridized carbons (Fsp3) is 0.500.